The summed E-state index contributed by atoms with van der Waals surface area (Å²) in [7, 11) is 1.67. The van der Waals surface area contributed by atoms with Gasteiger partial charge in [0.05, 0.1) is 13.7 Å². The van der Waals surface area contributed by atoms with Gasteiger partial charge in [0.25, 0.3) is 0 Å². The first-order valence-corrected chi connectivity index (χ1v) is 9.39. The molecule has 1 aliphatic heterocycles. The van der Waals surface area contributed by atoms with Crippen molar-refractivity contribution in [2.75, 3.05) is 20.2 Å². The highest BCUT2D eigenvalue weighted by atomic mass is 32.1. The third kappa shape index (κ3) is 3.72. The van der Waals surface area contributed by atoms with Crippen molar-refractivity contribution in [3.63, 3.8) is 0 Å². The van der Waals surface area contributed by atoms with Crippen LogP contribution in [0, 0.1) is 0 Å². The van der Waals surface area contributed by atoms with Gasteiger partial charge in [-0.15, -0.1) is 10.2 Å². The van der Waals surface area contributed by atoms with E-state index in [1.807, 2.05) is 34.9 Å². The number of methoxy groups -OCH3 is 1. The number of hydrogen-bond acceptors (Lipinski definition) is 6. The second-order valence-electron chi connectivity index (χ2n) is 6.19. The van der Waals surface area contributed by atoms with Crippen molar-refractivity contribution >= 4 is 28.4 Å². The Bertz CT molecular complexity index is 861. The highest BCUT2D eigenvalue weighted by Gasteiger charge is 2.16. The van der Waals surface area contributed by atoms with Gasteiger partial charge in [0.2, 0.25) is 4.96 Å². The zero-order chi connectivity index (χ0) is 17.1. The van der Waals surface area contributed by atoms with Crippen molar-refractivity contribution in [3.05, 3.63) is 40.7 Å². The highest BCUT2D eigenvalue weighted by Crippen LogP contribution is 2.19. The van der Waals surface area contributed by atoms with Crippen LogP contribution in [0.15, 0.2) is 24.3 Å². The Morgan fingerprint density at radius 3 is 2.64 bits per heavy atom. The SMILES string of the molecule is COc1ccc(C=Cc2nn3c(CN4CCCCC4)nnc3s2)cc1. The van der Waals surface area contributed by atoms with Gasteiger partial charge in [-0.3, -0.25) is 4.90 Å². The molecule has 0 amide bonds. The predicted molar refractivity (Wildman–Crippen MR) is 99.7 cm³/mol. The summed E-state index contributed by atoms with van der Waals surface area (Å²) in [6.45, 7) is 3.11. The van der Waals surface area contributed by atoms with Crippen molar-refractivity contribution in [2.24, 2.45) is 0 Å². The molecule has 4 rings (SSSR count). The molecule has 0 spiro atoms. The zero-order valence-corrected chi connectivity index (χ0v) is 15.1. The Balaban J connectivity index is 1.49. The average Bonchev–Trinajstić information content (AvgIpc) is 3.23. The molecule has 1 saturated heterocycles. The summed E-state index contributed by atoms with van der Waals surface area (Å²) in [5.74, 6) is 1.79. The molecule has 130 valence electrons. The normalized spacial score (nSPS) is 16.0. The summed E-state index contributed by atoms with van der Waals surface area (Å²) in [4.78, 5) is 3.29. The van der Waals surface area contributed by atoms with Crippen molar-refractivity contribution in [2.45, 2.75) is 25.8 Å². The van der Waals surface area contributed by atoms with Gasteiger partial charge in [-0.1, -0.05) is 36.0 Å². The number of fused-ring (bicyclic) bond motifs is 1. The lowest BCUT2D eigenvalue weighted by atomic mass is 10.1. The number of benzene rings is 1. The van der Waals surface area contributed by atoms with Gasteiger partial charge in [0, 0.05) is 0 Å². The Labute approximate surface area is 150 Å². The van der Waals surface area contributed by atoms with Crippen LogP contribution in [0.4, 0.5) is 0 Å². The third-order valence-corrected chi connectivity index (χ3v) is 5.28. The van der Waals surface area contributed by atoms with Gasteiger partial charge in [0.1, 0.15) is 10.8 Å². The minimum atomic E-state index is 0.826. The molecule has 1 aliphatic rings. The Morgan fingerprint density at radius 2 is 1.88 bits per heavy atom. The largest absolute Gasteiger partial charge is 0.497 e. The monoisotopic (exact) mass is 355 g/mol. The topological polar surface area (TPSA) is 55.6 Å². The number of aromatic nitrogens is 4. The van der Waals surface area contributed by atoms with Crippen molar-refractivity contribution in [3.8, 4) is 5.75 Å². The van der Waals surface area contributed by atoms with Crippen molar-refractivity contribution < 1.29 is 4.74 Å². The molecule has 3 aromatic rings. The molecule has 25 heavy (non-hydrogen) atoms. The molecule has 1 fully saturated rings. The minimum absolute atomic E-state index is 0.826. The van der Waals surface area contributed by atoms with Crippen LogP contribution in [-0.4, -0.2) is 44.9 Å². The van der Waals surface area contributed by atoms with E-state index in [0.29, 0.717) is 0 Å². The van der Waals surface area contributed by atoms with Crippen LogP contribution in [0.5, 0.6) is 5.75 Å². The van der Waals surface area contributed by atoms with E-state index < -0.39 is 0 Å². The smallest absolute Gasteiger partial charge is 0.235 e. The Morgan fingerprint density at radius 1 is 1.08 bits per heavy atom. The molecule has 0 saturated carbocycles. The molecule has 0 atom stereocenters. The third-order valence-electron chi connectivity index (χ3n) is 4.42. The molecule has 0 unspecified atom stereocenters. The molecule has 0 aliphatic carbocycles. The molecule has 0 N–H and O–H groups in total. The van der Waals surface area contributed by atoms with Gasteiger partial charge in [0.15, 0.2) is 5.82 Å². The van der Waals surface area contributed by atoms with Gasteiger partial charge in [-0.2, -0.15) is 9.61 Å². The average molecular weight is 355 g/mol. The lowest BCUT2D eigenvalue weighted by Gasteiger charge is -2.25. The first-order chi connectivity index (χ1) is 12.3. The van der Waals surface area contributed by atoms with E-state index >= 15 is 0 Å². The molecule has 1 aromatic carbocycles. The van der Waals surface area contributed by atoms with Crippen molar-refractivity contribution in [1.29, 1.82) is 0 Å². The predicted octanol–water partition coefficient (Wildman–Crippen LogP) is 3.35. The summed E-state index contributed by atoms with van der Waals surface area (Å²) in [6.07, 6.45) is 7.95. The zero-order valence-electron chi connectivity index (χ0n) is 14.3. The maximum atomic E-state index is 5.18. The number of nitrogens with zero attached hydrogens (tertiary/aromatic N) is 5. The number of rotatable bonds is 5. The highest BCUT2D eigenvalue weighted by molar-refractivity contribution is 7.17. The number of likely N-dealkylation sites (tertiary alicyclic amines) is 1. The summed E-state index contributed by atoms with van der Waals surface area (Å²) >= 11 is 1.56. The number of hydrogen-bond donors (Lipinski definition) is 0. The van der Waals surface area contributed by atoms with Gasteiger partial charge < -0.3 is 4.74 Å². The fraction of sp³-hybridized carbons (Fsp3) is 0.389. The summed E-state index contributed by atoms with van der Waals surface area (Å²) in [6, 6.07) is 7.96. The van der Waals surface area contributed by atoms with Gasteiger partial charge in [-0.05, 0) is 49.7 Å². The van der Waals surface area contributed by atoms with Crippen LogP contribution >= 0.6 is 11.3 Å². The summed E-state index contributed by atoms with van der Waals surface area (Å²) in [5.41, 5.74) is 1.11. The minimum Gasteiger partial charge on any atom is -0.497 e. The molecule has 0 bridgehead atoms. The molecular formula is C18H21N5OS. The molecular weight excluding hydrogens is 334 g/mol. The quantitative estimate of drug-likeness (QED) is 0.702. The van der Waals surface area contributed by atoms with E-state index in [-0.39, 0.29) is 0 Å². The van der Waals surface area contributed by atoms with Gasteiger partial charge >= 0.3 is 0 Å². The number of piperidine rings is 1. The molecule has 2 aromatic heterocycles. The van der Waals surface area contributed by atoms with E-state index in [4.69, 9.17) is 4.74 Å². The summed E-state index contributed by atoms with van der Waals surface area (Å²) < 4.78 is 7.06. The van der Waals surface area contributed by atoms with E-state index in [0.717, 1.165) is 46.7 Å². The first-order valence-electron chi connectivity index (χ1n) is 8.57. The lowest BCUT2D eigenvalue weighted by molar-refractivity contribution is 0.214. The second kappa shape index (κ2) is 7.33. The Hall–Kier alpha value is -2.25. The second-order valence-corrected chi connectivity index (χ2v) is 7.18. The maximum absolute atomic E-state index is 5.18. The van der Waals surface area contributed by atoms with Crippen molar-refractivity contribution in [1.82, 2.24) is 24.7 Å². The standard InChI is InChI=1S/C18H21N5OS/c1-24-15-8-5-14(6-9-15)7-10-17-21-23-16(19-20-18(23)25-17)13-22-11-3-2-4-12-22/h5-10H,2-4,11-13H2,1H3. The van der Waals surface area contributed by atoms with Gasteiger partial charge in [-0.25, -0.2) is 0 Å². The molecule has 3 heterocycles. The lowest BCUT2D eigenvalue weighted by Crippen LogP contribution is -2.30. The van der Waals surface area contributed by atoms with E-state index in [9.17, 15) is 0 Å². The van der Waals surface area contributed by atoms with Crippen LogP contribution in [0.2, 0.25) is 0 Å². The first kappa shape index (κ1) is 16.2. The fourth-order valence-corrected chi connectivity index (χ4v) is 3.80. The number of ether oxygens (including phenoxy) is 1. The maximum Gasteiger partial charge on any atom is 0.235 e. The molecule has 6 nitrogen and oxygen atoms in total. The van der Waals surface area contributed by atoms with E-state index in [1.165, 1.54) is 19.3 Å². The van der Waals surface area contributed by atoms with Crippen LogP contribution in [0.1, 0.15) is 35.7 Å². The Kier molecular flexibility index (Phi) is 4.76. The van der Waals surface area contributed by atoms with E-state index in [1.54, 1.807) is 18.4 Å². The fourth-order valence-electron chi connectivity index (χ4n) is 3.04. The van der Waals surface area contributed by atoms with Crippen LogP contribution in [0.25, 0.3) is 17.1 Å². The van der Waals surface area contributed by atoms with Crippen LogP contribution < -0.4 is 4.74 Å². The van der Waals surface area contributed by atoms with Crippen LogP contribution in [-0.2, 0) is 6.54 Å². The van der Waals surface area contributed by atoms with Crippen LogP contribution in [0.3, 0.4) is 0 Å². The molecule has 0 radical (unpaired) electrons. The van der Waals surface area contributed by atoms with E-state index in [2.05, 4.69) is 26.3 Å². The summed E-state index contributed by atoms with van der Waals surface area (Å²) in [5, 5.41) is 14.2. The molecule has 7 heteroatoms.